The van der Waals surface area contributed by atoms with Crippen LogP contribution in [-0.2, 0) is 17.9 Å². The number of anilines is 1. The van der Waals surface area contributed by atoms with Gasteiger partial charge in [-0.25, -0.2) is 19.7 Å². The number of rotatable bonds is 11. The maximum atomic E-state index is 13.1. The number of benzene rings is 2. The zero-order valence-electron chi connectivity index (χ0n) is 30.7. The molecule has 5 heterocycles. The molecule has 0 saturated heterocycles. The fourth-order valence-corrected chi connectivity index (χ4v) is 6.55. The molecule has 2 aromatic carbocycles. The molecule has 0 fully saturated rings. The predicted octanol–water partition coefficient (Wildman–Crippen LogP) is 4.09. The second kappa shape index (κ2) is 16.4. The summed E-state index contributed by atoms with van der Waals surface area (Å²) in [6.07, 6.45) is 5.82. The second-order valence-corrected chi connectivity index (χ2v) is 13.1. The summed E-state index contributed by atoms with van der Waals surface area (Å²) in [6, 6.07) is 15.0. The van der Waals surface area contributed by atoms with E-state index in [2.05, 4.69) is 25.6 Å². The van der Waals surface area contributed by atoms with Gasteiger partial charge in [-0.2, -0.15) is 0 Å². The number of fused-ring (bicyclic) bond motifs is 6. The lowest BCUT2D eigenvalue weighted by atomic mass is 10.1. The van der Waals surface area contributed by atoms with Crippen LogP contribution in [0, 0.1) is 13.8 Å². The smallest absolute Gasteiger partial charge is 0.335 e. The number of aryl methyl sites for hydroxylation is 2. The standard InChI is InChI=1S/C23H24N6O4.C16H17N3O3/c1-15-13-27-20-14-28(11-7-21(30)31)23(33)17-6-5-16(12-18(17)29(15)20)22(32)26-10-9-25-19-4-2-3-8-24-19;1-3-6-18-9-14-17-8-10(2)19(14)13-7-11(16(21)22)4-5-12(13)15(18)20/h2-6,8,12-13H,7,9-11,14H2,1H3,(H,24,25)(H,26,32)(H,30,31);4-5,7-8H,3,6,9H2,1-2H3,(H,21,22). The van der Waals surface area contributed by atoms with E-state index in [-0.39, 0.29) is 42.8 Å². The summed E-state index contributed by atoms with van der Waals surface area (Å²) in [5.74, 6) is -0.533. The largest absolute Gasteiger partial charge is 0.481 e. The van der Waals surface area contributed by atoms with Gasteiger partial charge in [0, 0.05) is 61.7 Å². The molecule has 0 saturated carbocycles. The van der Waals surface area contributed by atoms with E-state index in [1.165, 1.54) is 11.0 Å². The van der Waals surface area contributed by atoms with Gasteiger partial charge in [-0.05, 0) is 68.8 Å². The van der Waals surface area contributed by atoms with Crippen LogP contribution in [0.1, 0.15) is 84.2 Å². The molecule has 0 aliphatic carbocycles. The Hall–Kier alpha value is -6.84. The fourth-order valence-electron chi connectivity index (χ4n) is 6.55. The van der Waals surface area contributed by atoms with Crippen LogP contribution in [0.3, 0.4) is 0 Å². The number of carbonyl (C=O) groups is 5. The maximum absolute atomic E-state index is 13.1. The van der Waals surface area contributed by atoms with Gasteiger partial charge >= 0.3 is 11.9 Å². The van der Waals surface area contributed by atoms with E-state index in [9.17, 15) is 29.1 Å². The number of carboxylic acids is 2. The van der Waals surface area contributed by atoms with Gasteiger partial charge in [0.1, 0.15) is 17.5 Å². The third-order valence-corrected chi connectivity index (χ3v) is 9.18. The van der Waals surface area contributed by atoms with Crippen LogP contribution in [0.5, 0.6) is 0 Å². The normalized spacial score (nSPS) is 12.9. The van der Waals surface area contributed by atoms with Crippen LogP contribution >= 0.6 is 0 Å². The highest BCUT2D eigenvalue weighted by atomic mass is 16.4. The Balaban J connectivity index is 0.000000203. The predicted molar refractivity (Wildman–Crippen MR) is 201 cm³/mol. The molecule has 16 heteroatoms. The van der Waals surface area contributed by atoms with Crippen molar-refractivity contribution in [3.8, 4) is 11.4 Å². The Bertz CT molecular complexity index is 2260. The second-order valence-electron chi connectivity index (χ2n) is 13.1. The number of hydrogen-bond acceptors (Lipinski definition) is 9. The number of nitrogens with zero attached hydrogens (tertiary/aromatic N) is 7. The fraction of sp³-hybridized carbons (Fsp3) is 0.282. The number of aliphatic carboxylic acids is 1. The van der Waals surface area contributed by atoms with E-state index in [1.54, 1.807) is 53.8 Å². The third-order valence-electron chi connectivity index (χ3n) is 9.18. The third kappa shape index (κ3) is 8.22. The van der Waals surface area contributed by atoms with Crippen molar-refractivity contribution in [1.82, 2.24) is 39.2 Å². The summed E-state index contributed by atoms with van der Waals surface area (Å²) >= 11 is 0. The molecule has 0 atom stereocenters. The van der Waals surface area contributed by atoms with E-state index < -0.39 is 11.9 Å². The molecule has 5 aromatic rings. The number of amides is 3. The monoisotopic (exact) mass is 747 g/mol. The highest BCUT2D eigenvalue weighted by Gasteiger charge is 2.30. The molecule has 4 N–H and O–H groups in total. The molecule has 0 bridgehead atoms. The molecule has 2 aliphatic rings. The lowest BCUT2D eigenvalue weighted by Crippen LogP contribution is -2.32. The molecule has 0 spiro atoms. The highest BCUT2D eigenvalue weighted by Crippen LogP contribution is 2.28. The van der Waals surface area contributed by atoms with E-state index in [1.807, 2.05) is 48.1 Å². The molecule has 7 rings (SSSR count). The van der Waals surface area contributed by atoms with Gasteiger partial charge in [0.05, 0.1) is 47.6 Å². The average molecular weight is 748 g/mol. The van der Waals surface area contributed by atoms with E-state index in [4.69, 9.17) is 5.11 Å². The number of pyridine rings is 1. The first-order chi connectivity index (χ1) is 26.5. The molecular formula is C39H41N9O7. The van der Waals surface area contributed by atoms with Gasteiger partial charge in [-0.1, -0.05) is 13.0 Å². The summed E-state index contributed by atoms with van der Waals surface area (Å²) in [5, 5.41) is 24.2. The van der Waals surface area contributed by atoms with Crippen molar-refractivity contribution in [2.75, 3.05) is 31.5 Å². The number of aromatic carboxylic acids is 1. The number of aromatic nitrogens is 5. The number of carbonyl (C=O) groups excluding carboxylic acids is 3. The summed E-state index contributed by atoms with van der Waals surface area (Å²) < 4.78 is 3.71. The molecule has 2 aliphatic heterocycles. The van der Waals surface area contributed by atoms with Crippen molar-refractivity contribution in [2.24, 2.45) is 0 Å². The van der Waals surface area contributed by atoms with E-state index >= 15 is 0 Å². The van der Waals surface area contributed by atoms with Crippen LogP contribution in [0.25, 0.3) is 11.4 Å². The van der Waals surface area contributed by atoms with Crippen LogP contribution in [0.15, 0.2) is 73.2 Å². The van der Waals surface area contributed by atoms with Crippen molar-refractivity contribution < 1.29 is 34.2 Å². The van der Waals surface area contributed by atoms with Crippen molar-refractivity contribution in [3.05, 3.63) is 118 Å². The first-order valence-electron chi connectivity index (χ1n) is 17.8. The highest BCUT2D eigenvalue weighted by molar-refractivity contribution is 6.02. The van der Waals surface area contributed by atoms with Gasteiger partial charge in [0.25, 0.3) is 17.7 Å². The van der Waals surface area contributed by atoms with Crippen LogP contribution < -0.4 is 10.6 Å². The number of imidazole rings is 2. The Morgan fingerprint density at radius 2 is 1.33 bits per heavy atom. The molecule has 284 valence electrons. The van der Waals surface area contributed by atoms with Crippen LogP contribution in [0.4, 0.5) is 5.82 Å². The molecule has 0 radical (unpaired) electrons. The topological polar surface area (TPSA) is 205 Å². The molecule has 3 aromatic heterocycles. The van der Waals surface area contributed by atoms with E-state index in [0.717, 1.165) is 29.5 Å². The van der Waals surface area contributed by atoms with Crippen LogP contribution in [-0.4, -0.2) is 99.9 Å². The van der Waals surface area contributed by atoms with Gasteiger partial charge in [0.2, 0.25) is 0 Å². The average Bonchev–Trinajstić information content (AvgIpc) is 3.67. The Morgan fingerprint density at radius 3 is 1.87 bits per heavy atom. The minimum absolute atomic E-state index is 0.0744. The molecule has 3 amide bonds. The first-order valence-corrected chi connectivity index (χ1v) is 17.8. The quantitative estimate of drug-likeness (QED) is 0.142. The maximum Gasteiger partial charge on any atom is 0.335 e. The first kappa shape index (κ1) is 37.9. The van der Waals surface area contributed by atoms with Gasteiger partial charge in [0.15, 0.2) is 0 Å². The summed E-state index contributed by atoms with van der Waals surface area (Å²) in [5.41, 5.74) is 4.33. The zero-order chi connectivity index (χ0) is 39.2. The molecule has 55 heavy (non-hydrogen) atoms. The Morgan fingerprint density at radius 1 is 0.745 bits per heavy atom. The van der Waals surface area contributed by atoms with Crippen LogP contribution in [0.2, 0.25) is 0 Å². The molecular weight excluding hydrogens is 706 g/mol. The van der Waals surface area contributed by atoms with Gasteiger partial charge in [-0.3, -0.25) is 28.3 Å². The van der Waals surface area contributed by atoms with Gasteiger partial charge < -0.3 is 30.6 Å². The Labute approximate surface area is 316 Å². The van der Waals surface area contributed by atoms with Crippen molar-refractivity contribution in [1.29, 1.82) is 0 Å². The molecule has 16 nitrogen and oxygen atoms in total. The van der Waals surface area contributed by atoms with Gasteiger partial charge in [-0.15, -0.1) is 0 Å². The van der Waals surface area contributed by atoms with Crippen molar-refractivity contribution >= 4 is 35.5 Å². The summed E-state index contributed by atoms with van der Waals surface area (Å²) in [6.45, 7) is 8.02. The summed E-state index contributed by atoms with van der Waals surface area (Å²) in [4.78, 5) is 77.0. The van der Waals surface area contributed by atoms with Crippen molar-refractivity contribution in [2.45, 2.75) is 46.7 Å². The molecule has 0 unspecified atom stereocenters. The van der Waals surface area contributed by atoms with Crippen molar-refractivity contribution in [3.63, 3.8) is 0 Å². The lowest BCUT2D eigenvalue weighted by molar-refractivity contribution is -0.137. The van der Waals surface area contributed by atoms with E-state index in [0.29, 0.717) is 60.1 Å². The zero-order valence-corrected chi connectivity index (χ0v) is 30.7. The lowest BCUT2D eigenvalue weighted by Gasteiger charge is -2.19. The minimum Gasteiger partial charge on any atom is -0.481 e. The number of hydrogen-bond donors (Lipinski definition) is 4. The minimum atomic E-state index is -1.01. The SMILES string of the molecule is CCCN1Cc2ncc(C)n2-c2cc(C(=O)O)ccc2C1=O.Cc1cnc2n1-c1cc(C(=O)NCCNc3ccccn3)ccc1C(=O)N(CCC(=O)O)C2. The Kier molecular flexibility index (Phi) is 11.3. The number of nitrogens with one attached hydrogen (secondary N) is 2. The number of carboxylic acid groups (broad SMARTS) is 2. The summed E-state index contributed by atoms with van der Waals surface area (Å²) in [7, 11) is 0.